The number of anilines is 1. The van der Waals surface area contributed by atoms with Crippen molar-refractivity contribution in [2.45, 2.75) is 24.9 Å². The fourth-order valence-electron chi connectivity index (χ4n) is 3.67. The second-order valence-corrected chi connectivity index (χ2v) is 12.6. The summed E-state index contributed by atoms with van der Waals surface area (Å²) in [5.41, 5.74) is -1.62. The lowest BCUT2D eigenvalue weighted by Crippen LogP contribution is -2.35. The number of aromatic nitrogens is 3. The number of rotatable bonds is 10. The molecule has 3 N–H and O–H groups in total. The van der Waals surface area contributed by atoms with Crippen molar-refractivity contribution in [3.8, 4) is 23.3 Å². The first-order chi connectivity index (χ1) is 23.3. The summed E-state index contributed by atoms with van der Waals surface area (Å²) in [6, 6.07) is 8.86. The molecule has 0 saturated carbocycles. The van der Waals surface area contributed by atoms with Crippen LogP contribution >= 0.6 is 34.2 Å². The summed E-state index contributed by atoms with van der Waals surface area (Å²) >= 11 is 7.63. The summed E-state index contributed by atoms with van der Waals surface area (Å²) < 4.78 is 80.2. The number of carboxylic acids is 1. The lowest BCUT2D eigenvalue weighted by molar-refractivity contribution is -0.385. The van der Waals surface area contributed by atoms with Gasteiger partial charge in [0.1, 0.15) is 22.2 Å². The van der Waals surface area contributed by atoms with Crippen molar-refractivity contribution in [2.24, 2.45) is 0 Å². The molecule has 1 heterocycles. The number of ether oxygens (including phenoxy) is 3. The fourth-order valence-corrected chi connectivity index (χ4v) is 5.72. The predicted molar refractivity (Wildman–Crippen MR) is 177 cm³/mol. The zero-order chi connectivity index (χ0) is 37.4. The molecule has 0 aliphatic carbocycles. The molecule has 0 aliphatic rings. The molecule has 266 valence electrons. The van der Waals surface area contributed by atoms with Crippen molar-refractivity contribution >= 4 is 67.9 Å². The Bertz CT molecular complexity index is 2040. The van der Waals surface area contributed by atoms with Gasteiger partial charge in [-0.25, -0.2) is 22.7 Å². The Labute approximate surface area is 299 Å². The number of carbonyl (C=O) groups excluding carboxylic acids is 1. The number of carboxylic acid groups (broad SMARTS) is 1. The quantitative estimate of drug-likeness (QED) is 0.0887. The van der Waals surface area contributed by atoms with Crippen LogP contribution in [0.15, 0.2) is 59.5 Å². The third-order valence-electron chi connectivity index (χ3n) is 5.74. The number of halogens is 5. The van der Waals surface area contributed by atoms with Crippen LogP contribution in [0.1, 0.15) is 28.7 Å². The smallest absolute Gasteiger partial charge is 0.416 e. The van der Waals surface area contributed by atoms with Gasteiger partial charge in [0.2, 0.25) is 11.7 Å². The highest BCUT2D eigenvalue weighted by Gasteiger charge is 2.31. The van der Waals surface area contributed by atoms with E-state index in [0.717, 1.165) is 30.3 Å². The van der Waals surface area contributed by atoms with E-state index in [4.69, 9.17) is 30.9 Å². The Morgan fingerprint density at radius 1 is 1.06 bits per heavy atom. The zero-order valence-corrected chi connectivity index (χ0v) is 29.3. The van der Waals surface area contributed by atoms with Gasteiger partial charge in [-0.3, -0.25) is 15.4 Å². The number of nitro benzene ring substituents is 1. The fraction of sp³-hybridized carbons (Fsp3) is 0.179. The highest BCUT2D eigenvalue weighted by molar-refractivity contribution is 14.1. The van der Waals surface area contributed by atoms with Crippen molar-refractivity contribution in [3.63, 3.8) is 0 Å². The predicted octanol–water partition coefficient (Wildman–Crippen LogP) is 6.46. The number of nitro groups is 1. The first kappa shape index (κ1) is 39.4. The highest BCUT2D eigenvalue weighted by atomic mass is 127. The van der Waals surface area contributed by atoms with E-state index in [1.807, 2.05) is 22.6 Å². The van der Waals surface area contributed by atoms with E-state index in [0.29, 0.717) is 3.57 Å². The van der Waals surface area contributed by atoms with E-state index in [1.165, 1.54) is 38.3 Å². The molecule has 3 aromatic carbocycles. The van der Waals surface area contributed by atoms with E-state index in [2.05, 4.69) is 20.3 Å². The SMILES string of the molecule is CCOc1cc(Oc2ccc(C(F)(F)F)cc2Cl)ccc1[N+](=O)[O-].COc1nc(C)nc(NC(=O)NS(=O)(=O)c2cc(I)ccc2C(=O)O)n1. The van der Waals surface area contributed by atoms with Crippen LogP contribution in [0.3, 0.4) is 0 Å². The number of nitrogens with zero attached hydrogens (tertiary/aromatic N) is 4. The molecule has 0 bridgehead atoms. The maximum Gasteiger partial charge on any atom is 0.416 e. The third kappa shape index (κ3) is 10.7. The van der Waals surface area contributed by atoms with Gasteiger partial charge in [-0.15, -0.1) is 0 Å². The van der Waals surface area contributed by atoms with Gasteiger partial charge in [0, 0.05) is 15.7 Å². The molecule has 4 aromatic rings. The van der Waals surface area contributed by atoms with Gasteiger partial charge in [0.25, 0.3) is 10.0 Å². The standard InChI is InChI=1S/C15H11ClF3NO4.C13H12IN5O6S/c1-2-23-14-8-10(4-5-12(14)20(21)22)24-13-6-3-9(7-11(13)16)15(17,18)19;1-6-15-11(18-13(16-6)25-2)17-12(22)19-26(23,24)9-5-7(14)3-4-8(9)10(20)21/h3-8H,2H2,1H3;3-5H,1-2H3,(H,20,21)(H2,15,16,17,18,19,22). The molecule has 22 heteroatoms. The van der Waals surface area contributed by atoms with E-state index in [-0.39, 0.29) is 52.3 Å². The van der Waals surface area contributed by atoms with Gasteiger partial charge in [-0.05, 0) is 78.9 Å². The monoisotopic (exact) mass is 854 g/mol. The van der Waals surface area contributed by atoms with Gasteiger partial charge in [0.05, 0.1) is 34.8 Å². The molecule has 0 unspecified atom stereocenters. The lowest BCUT2D eigenvalue weighted by Gasteiger charge is -2.12. The Kier molecular flexibility index (Phi) is 13.1. The number of amides is 2. The minimum absolute atomic E-state index is 0.0111. The summed E-state index contributed by atoms with van der Waals surface area (Å²) in [6.45, 7) is 3.38. The molecule has 0 spiro atoms. The number of nitrogens with one attached hydrogen (secondary N) is 2. The molecule has 0 radical (unpaired) electrons. The molecule has 2 amide bonds. The summed E-state index contributed by atoms with van der Waals surface area (Å²) in [7, 11) is -3.14. The number of benzene rings is 3. The van der Waals surface area contributed by atoms with Crippen molar-refractivity contribution in [3.05, 3.63) is 90.3 Å². The molecular weight excluding hydrogens is 832 g/mol. The number of alkyl halides is 3. The zero-order valence-electron chi connectivity index (χ0n) is 25.6. The van der Waals surface area contributed by atoms with E-state index in [1.54, 1.807) is 11.6 Å². The number of hydrogen-bond acceptors (Lipinski definition) is 12. The summed E-state index contributed by atoms with van der Waals surface area (Å²) in [5, 5.41) is 21.9. The number of urea groups is 1. The van der Waals surface area contributed by atoms with E-state index < -0.39 is 49.1 Å². The van der Waals surface area contributed by atoms with Crippen LogP contribution in [0.2, 0.25) is 5.02 Å². The number of aromatic carboxylic acids is 1. The van der Waals surface area contributed by atoms with E-state index >= 15 is 0 Å². The Balaban J connectivity index is 0.000000271. The minimum Gasteiger partial charge on any atom is -0.487 e. The lowest BCUT2D eigenvalue weighted by atomic mass is 10.2. The number of hydrogen-bond donors (Lipinski definition) is 3. The van der Waals surface area contributed by atoms with Gasteiger partial charge in [-0.1, -0.05) is 11.6 Å². The molecule has 4 rings (SSSR count). The van der Waals surface area contributed by atoms with E-state index in [9.17, 15) is 41.3 Å². The van der Waals surface area contributed by atoms with Crippen LogP contribution in [-0.4, -0.2) is 59.1 Å². The summed E-state index contributed by atoms with van der Waals surface area (Å²) in [6.07, 6.45) is -4.52. The second kappa shape index (κ2) is 16.6. The molecule has 0 fully saturated rings. The van der Waals surface area contributed by atoms with Gasteiger partial charge >= 0.3 is 29.9 Å². The molecule has 1 aromatic heterocycles. The van der Waals surface area contributed by atoms with Crippen LogP contribution in [0.25, 0.3) is 0 Å². The molecule has 0 aliphatic heterocycles. The normalized spacial score (nSPS) is 11.0. The van der Waals surface area contributed by atoms with Crippen LogP contribution < -0.4 is 24.2 Å². The molecular formula is C28H23ClF3IN6O10S. The number of aryl methyl sites for hydroxylation is 1. The third-order valence-corrected chi connectivity index (χ3v) is 8.08. The van der Waals surface area contributed by atoms with Gasteiger partial charge < -0.3 is 19.3 Å². The number of carbonyl (C=O) groups is 2. The van der Waals surface area contributed by atoms with Crippen molar-refractivity contribution in [1.29, 1.82) is 0 Å². The van der Waals surface area contributed by atoms with Gasteiger partial charge in [-0.2, -0.15) is 28.1 Å². The molecule has 50 heavy (non-hydrogen) atoms. The summed E-state index contributed by atoms with van der Waals surface area (Å²) in [4.78, 5) is 44.4. The van der Waals surface area contributed by atoms with Crippen LogP contribution in [-0.2, 0) is 16.2 Å². The first-order valence-corrected chi connectivity index (χ1v) is 16.4. The van der Waals surface area contributed by atoms with Crippen molar-refractivity contribution in [1.82, 2.24) is 19.7 Å². The highest BCUT2D eigenvalue weighted by Crippen LogP contribution is 2.38. The van der Waals surface area contributed by atoms with Gasteiger partial charge in [0.15, 0.2) is 0 Å². The largest absolute Gasteiger partial charge is 0.487 e. The first-order valence-electron chi connectivity index (χ1n) is 13.4. The number of methoxy groups -OCH3 is 1. The Hall–Kier alpha value is -5.03. The maximum atomic E-state index is 12.6. The van der Waals surface area contributed by atoms with Crippen LogP contribution in [0, 0.1) is 20.6 Å². The van der Waals surface area contributed by atoms with Crippen LogP contribution in [0.5, 0.6) is 23.3 Å². The molecule has 0 saturated heterocycles. The Morgan fingerprint density at radius 2 is 1.76 bits per heavy atom. The molecule has 0 atom stereocenters. The van der Waals surface area contributed by atoms with Crippen LogP contribution in [0.4, 0.5) is 29.6 Å². The second-order valence-electron chi connectivity index (χ2n) is 9.26. The average molecular weight is 855 g/mol. The average Bonchev–Trinajstić information content (AvgIpc) is 3.01. The minimum atomic E-state index is -4.52. The molecule has 16 nitrogen and oxygen atoms in total. The van der Waals surface area contributed by atoms with Crippen molar-refractivity contribution < 1.29 is 55.4 Å². The summed E-state index contributed by atoms with van der Waals surface area (Å²) in [5.74, 6) is -1.32. The maximum absolute atomic E-state index is 12.6. The topological polar surface area (TPSA) is 222 Å². The Morgan fingerprint density at radius 3 is 2.34 bits per heavy atom. The number of sulfonamides is 1. The van der Waals surface area contributed by atoms with Crippen molar-refractivity contribution in [2.75, 3.05) is 19.0 Å².